The molecule has 0 bridgehead atoms. The molecule has 0 aromatic heterocycles. The van der Waals surface area contributed by atoms with E-state index in [0.717, 1.165) is 9.87 Å². The third-order valence-corrected chi connectivity index (χ3v) is 9.49. The van der Waals surface area contributed by atoms with Gasteiger partial charge in [-0.05, 0) is 48.7 Å². The minimum absolute atomic E-state index is 0.126. The van der Waals surface area contributed by atoms with Gasteiger partial charge >= 0.3 is 0 Å². The predicted octanol–water partition coefficient (Wildman–Crippen LogP) is 2.32. The topological polar surface area (TPSA) is 95.1 Å². The number of sulfonamides is 2. The van der Waals surface area contributed by atoms with Gasteiger partial charge in [-0.2, -0.15) is 8.61 Å². The molecule has 32 heavy (non-hydrogen) atoms. The second-order valence-electron chi connectivity index (χ2n) is 7.60. The molecular formula is C22H29N3O5S2. The molecule has 174 valence electrons. The van der Waals surface area contributed by atoms with Crippen LogP contribution in [0, 0.1) is 0 Å². The fourth-order valence-electron chi connectivity index (χ4n) is 3.84. The van der Waals surface area contributed by atoms with Gasteiger partial charge in [0, 0.05) is 32.4 Å². The smallest absolute Gasteiger partial charge is 0.243 e. The van der Waals surface area contributed by atoms with E-state index < -0.39 is 20.0 Å². The van der Waals surface area contributed by atoms with Gasteiger partial charge in [0.15, 0.2) is 0 Å². The van der Waals surface area contributed by atoms with E-state index in [0.29, 0.717) is 38.2 Å². The Balaban J connectivity index is 1.84. The third kappa shape index (κ3) is 4.73. The molecule has 1 aliphatic rings. The van der Waals surface area contributed by atoms with Gasteiger partial charge in [-0.1, -0.05) is 32.0 Å². The van der Waals surface area contributed by atoms with Crippen molar-refractivity contribution in [2.24, 2.45) is 0 Å². The Bertz CT molecular complexity index is 1180. The van der Waals surface area contributed by atoms with Crippen molar-refractivity contribution < 1.29 is 21.6 Å². The van der Waals surface area contributed by atoms with Crippen LogP contribution in [-0.4, -0.2) is 64.6 Å². The first-order chi connectivity index (χ1) is 15.1. The minimum Gasteiger partial charge on any atom is -0.311 e. The number of benzene rings is 2. The van der Waals surface area contributed by atoms with E-state index in [2.05, 4.69) is 0 Å². The Morgan fingerprint density at radius 1 is 0.938 bits per heavy atom. The summed E-state index contributed by atoms with van der Waals surface area (Å²) in [5.74, 6) is -0.354. The number of fused-ring (bicyclic) bond motifs is 1. The van der Waals surface area contributed by atoms with Gasteiger partial charge < -0.3 is 4.90 Å². The summed E-state index contributed by atoms with van der Waals surface area (Å²) >= 11 is 0. The van der Waals surface area contributed by atoms with Crippen LogP contribution in [-0.2, 0) is 31.3 Å². The number of aryl methyl sites for hydroxylation is 1. The Morgan fingerprint density at radius 3 is 2.22 bits per heavy atom. The molecule has 8 nitrogen and oxygen atoms in total. The molecule has 0 saturated heterocycles. The zero-order chi connectivity index (χ0) is 23.5. The highest BCUT2D eigenvalue weighted by molar-refractivity contribution is 7.89. The Labute approximate surface area is 190 Å². The van der Waals surface area contributed by atoms with Gasteiger partial charge in [0.2, 0.25) is 26.0 Å². The molecular weight excluding hydrogens is 450 g/mol. The summed E-state index contributed by atoms with van der Waals surface area (Å²) in [6.45, 7) is 4.48. The van der Waals surface area contributed by atoms with E-state index in [1.807, 2.05) is 0 Å². The van der Waals surface area contributed by atoms with Crippen LogP contribution in [0.2, 0.25) is 0 Å². The minimum atomic E-state index is -3.79. The van der Waals surface area contributed by atoms with E-state index in [1.54, 1.807) is 49.1 Å². The Kier molecular flexibility index (Phi) is 7.39. The van der Waals surface area contributed by atoms with Gasteiger partial charge in [0.05, 0.1) is 16.3 Å². The number of rotatable bonds is 8. The summed E-state index contributed by atoms with van der Waals surface area (Å²) in [7, 11) is -6.01. The summed E-state index contributed by atoms with van der Waals surface area (Å²) < 4.78 is 53.7. The second kappa shape index (κ2) is 9.70. The zero-order valence-electron chi connectivity index (χ0n) is 18.6. The lowest BCUT2D eigenvalue weighted by Gasteiger charge is -2.31. The Hall–Kier alpha value is -2.27. The number of amides is 1. The van der Waals surface area contributed by atoms with Crippen LogP contribution in [0.5, 0.6) is 0 Å². The number of carbonyl (C=O) groups excluding carboxylic acids is 1. The van der Waals surface area contributed by atoms with E-state index in [9.17, 15) is 21.6 Å². The first-order valence-corrected chi connectivity index (χ1v) is 13.5. The number of hydrogen-bond donors (Lipinski definition) is 0. The summed E-state index contributed by atoms with van der Waals surface area (Å²) in [6.07, 6.45) is 1.32. The van der Waals surface area contributed by atoms with Crippen LogP contribution in [0.25, 0.3) is 0 Å². The van der Waals surface area contributed by atoms with Gasteiger partial charge in [-0.15, -0.1) is 0 Å². The molecule has 0 spiro atoms. The first kappa shape index (κ1) is 24.4. The van der Waals surface area contributed by atoms with Crippen LogP contribution in [0.3, 0.4) is 0 Å². The van der Waals surface area contributed by atoms with Crippen molar-refractivity contribution in [2.45, 2.75) is 36.5 Å². The lowest BCUT2D eigenvalue weighted by atomic mass is 10.0. The van der Waals surface area contributed by atoms with Crippen molar-refractivity contribution >= 4 is 31.6 Å². The quantitative estimate of drug-likeness (QED) is 0.579. The van der Waals surface area contributed by atoms with Crippen molar-refractivity contribution in [1.29, 1.82) is 0 Å². The normalized spacial score (nSPS) is 14.6. The largest absolute Gasteiger partial charge is 0.311 e. The number of carbonyl (C=O) groups is 1. The molecule has 10 heteroatoms. The molecule has 0 unspecified atom stereocenters. The highest BCUT2D eigenvalue weighted by Gasteiger charge is 2.29. The zero-order valence-corrected chi connectivity index (χ0v) is 20.2. The maximum absolute atomic E-state index is 13.0. The number of anilines is 1. The molecule has 0 radical (unpaired) electrons. The van der Waals surface area contributed by atoms with Crippen LogP contribution >= 0.6 is 0 Å². The average molecular weight is 480 g/mol. The summed E-state index contributed by atoms with van der Waals surface area (Å²) in [6, 6.07) is 12.8. The molecule has 2 aromatic rings. The van der Waals surface area contributed by atoms with Crippen molar-refractivity contribution in [1.82, 2.24) is 8.61 Å². The van der Waals surface area contributed by atoms with E-state index in [1.165, 1.54) is 29.6 Å². The molecule has 3 rings (SSSR count). The van der Waals surface area contributed by atoms with Crippen LogP contribution in [0.1, 0.15) is 25.8 Å². The van der Waals surface area contributed by atoms with Crippen LogP contribution in [0.15, 0.2) is 58.3 Å². The molecule has 0 atom stereocenters. The molecule has 1 amide bonds. The molecule has 0 fully saturated rings. The maximum atomic E-state index is 13.0. The lowest BCUT2D eigenvalue weighted by Crippen LogP contribution is -2.43. The van der Waals surface area contributed by atoms with E-state index in [-0.39, 0.29) is 22.2 Å². The molecule has 1 aliphatic heterocycles. The maximum Gasteiger partial charge on any atom is 0.243 e. The number of nitrogens with zero attached hydrogens (tertiary/aromatic N) is 3. The predicted molar refractivity (Wildman–Crippen MR) is 123 cm³/mol. The van der Waals surface area contributed by atoms with Crippen molar-refractivity contribution in [3.8, 4) is 0 Å². The first-order valence-electron chi connectivity index (χ1n) is 10.6. The van der Waals surface area contributed by atoms with Crippen molar-refractivity contribution in [2.75, 3.05) is 38.1 Å². The highest BCUT2D eigenvalue weighted by atomic mass is 32.2. The van der Waals surface area contributed by atoms with Crippen molar-refractivity contribution in [3.63, 3.8) is 0 Å². The molecule has 1 heterocycles. The van der Waals surface area contributed by atoms with Crippen LogP contribution < -0.4 is 4.90 Å². The van der Waals surface area contributed by atoms with Crippen molar-refractivity contribution in [3.05, 3.63) is 54.1 Å². The van der Waals surface area contributed by atoms with Gasteiger partial charge in [0.25, 0.3) is 0 Å². The van der Waals surface area contributed by atoms with Crippen LogP contribution in [0.4, 0.5) is 5.69 Å². The second-order valence-corrected chi connectivity index (χ2v) is 11.6. The summed E-state index contributed by atoms with van der Waals surface area (Å²) in [4.78, 5) is 14.9. The summed E-state index contributed by atoms with van der Waals surface area (Å²) in [5, 5.41) is 0. The average Bonchev–Trinajstić information content (AvgIpc) is 2.79. The molecule has 0 saturated carbocycles. The molecule has 0 aliphatic carbocycles. The molecule has 2 aromatic carbocycles. The monoisotopic (exact) mass is 479 g/mol. The van der Waals surface area contributed by atoms with Gasteiger partial charge in [-0.25, -0.2) is 16.8 Å². The number of hydrogen-bond acceptors (Lipinski definition) is 5. The Morgan fingerprint density at radius 2 is 1.59 bits per heavy atom. The fraction of sp³-hybridized carbons (Fsp3) is 0.409. The fourth-order valence-corrected chi connectivity index (χ4v) is 6.49. The lowest BCUT2D eigenvalue weighted by molar-refractivity contribution is -0.118. The van der Waals surface area contributed by atoms with Gasteiger partial charge in [0.1, 0.15) is 0 Å². The SMILES string of the molecule is CCN(CC)S(=O)(=O)c1ccc2c(c1)CCCN2C(=O)CN(C)S(=O)(=O)c1ccccc1. The standard InChI is InChI=1S/C22H29N3O5S2/c1-4-24(5-2)32(29,30)20-13-14-21-18(16-20)10-9-15-25(21)22(26)17-23(3)31(27,28)19-11-7-6-8-12-19/h6-8,11-14,16H,4-5,9-10,15,17H2,1-3H3. The molecule has 0 N–H and O–H groups in total. The van der Waals surface area contributed by atoms with E-state index >= 15 is 0 Å². The number of likely N-dealkylation sites (N-methyl/N-ethyl adjacent to an activating group) is 1. The highest BCUT2D eigenvalue weighted by Crippen LogP contribution is 2.31. The van der Waals surface area contributed by atoms with Gasteiger partial charge in [-0.3, -0.25) is 4.79 Å². The summed E-state index contributed by atoms with van der Waals surface area (Å²) in [5.41, 5.74) is 1.40. The third-order valence-electron chi connectivity index (χ3n) is 5.62. The van der Waals surface area contributed by atoms with E-state index in [4.69, 9.17) is 0 Å².